The Hall–Kier alpha value is -0.803. The second-order valence-electron chi connectivity index (χ2n) is 4.38. The average molecular weight is 224 g/mol. The van der Waals surface area contributed by atoms with Crippen LogP contribution in [0.4, 0.5) is 0 Å². The van der Waals surface area contributed by atoms with E-state index >= 15 is 0 Å². The fourth-order valence-electron chi connectivity index (χ4n) is 1.79. The van der Waals surface area contributed by atoms with Crippen LogP contribution < -0.4 is 9.92 Å². The summed E-state index contributed by atoms with van der Waals surface area (Å²) < 4.78 is 11.4. The molecule has 84 valence electrons. The predicted molar refractivity (Wildman–Crippen MR) is 66.3 cm³/mol. The largest absolute Gasteiger partial charge is 0.497 e. The van der Waals surface area contributed by atoms with E-state index in [-0.39, 0.29) is 6.10 Å². The maximum atomic E-state index is 6.03. The highest BCUT2D eigenvalue weighted by molar-refractivity contribution is 6.85. The number of ether oxygens (including phenoxy) is 1. The van der Waals surface area contributed by atoms with Gasteiger partial charge in [-0.3, -0.25) is 0 Å². The fraction of sp³-hybridized carbons (Fsp3) is 0.500. The van der Waals surface area contributed by atoms with Crippen molar-refractivity contribution in [3.8, 4) is 5.75 Å². The van der Waals surface area contributed by atoms with Gasteiger partial charge in [-0.15, -0.1) is 0 Å². The molecule has 0 N–H and O–H groups in total. The van der Waals surface area contributed by atoms with E-state index in [4.69, 9.17) is 9.16 Å². The van der Waals surface area contributed by atoms with Gasteiger partial charge in [0, 0.05) is 11.3 Å². The first kappa shape index (κ1) is 12.3. The lowest BCUT2D eigenvalue weighted by Crippen LogP contribution is -2.47. The highest BCUT2D eigenvalue weighted by Gasteiger charge is 2.29. The van der Waals surface area contributed by atoms with Gasteiger partial charge < -0.3 is 9.16 Å². The Morgan fingerprint density at radius 1 is 1.13 bits per heavy atom. The van der Waals surface area contributed by atoms with E-state index in [1.165, 1.54) is 5.19 Å². The number of benzene rings is 1. The van der Waals surface area contributed by atoms with E-state index in [1.807, 2.05) is 18.2 Å². The summed E-state index contributed by atoms with van der Waals surface area (Å²) in [5, 5.41) is 1.22. The molecule has 0 heterocycles. The molecule has 3 heteroatoms. The molecule has 0 radical (unpaired) electrons. The van der Waals surface area contributed by atoms with E-state index in [9.17, 15) is 0 Å². The zero-order chi connectivity index (χ0) is 11.5. The van der Waals surface area contributed by atoms with E-state index in [0.29, 0.717) is 0 Å². The summed E-state index contributed by atoms with van der Waals surface area (Å²) in [5.41, 5.74) is 0. The van der Waals surface area contributed by atoms with Crippen molar-refractivity contribution in [3.05, 3.63) is 24.3 Å². The lowest BCUT2D eigenvalue weighted by molar-refractivity contribution is 0.238. The molecule has 15 heavy (non-hydrogen) atoms. The second kappa shape index (κ2) is 4.81. The zero-order valence-corrected chi connectivity index (χ0v) is 11.2. The average Bonchev–Trinajstić information content (AvgIpc) is 2.16. The molecule has 1 aromatic carbocycles. The molecule has 0 aromatic heterocycles. The zero-order valence-electron chi connectivity index (χ0n) is 10.2. The van der Waals surface area contributed by atoms with Crippen molar-refractivity contribution < 1.29 is 9.16 Å². The van der Waals surface area contributed by atoms with Gasteiger partial charge >= 0.3 is 0 Å². The van der Waals surface area contributed by atoms with E-state index in [2.05, 4.69) is 33.0 Å². The van der Waals surface area contributed by atoms with Crippen LogP contribution in [0.25, 0.3) is 0 Å². The number of para-hydroxylation sites is 1. The minimum absolute atomic E-state index is 0.261. The van der Waals surface area contributed by atoms with Crippen molar-refractivity contribution >= 4 is 13.5 Å². The van der Waals surface area contributed by atoms with E-state index in [1.54, 1.807) is 7.11 Å². The number of methoxy groups -OCH3 is 1. The molecule has 0 saturated carbocycles. The Kier molecular flexibility index (Phi) is 3.94. The van der Waals surface area contributed by atoms with Crippen molar-refractivity contribution in [1.29, 1.82) is 0 Å². The minimum atomic E-state index is -1.83. The summed E-state index contributed by atoms with van der Waals surface area (Å²) >= 11 is 0. The van der Waals surface area contributed by atoms with Crippen molar-refractivity contribution in [1.82, 2.24) is 0 Å². The second-order valence-corrected chi connectivity index (χ2v) is 8.17. The molecule has 2 nitrogen and oxygen atoms in total. The highest BCUT2D eigenvalue weighted by Crippen LogP contribution is 2.16. The van der Waals surface area contributed by atoms with Crippen LogP contribution in [0.2, 0.25) is 13.1 Å². The molecule has 0 bridgehead atoms. The van der Waals surface area contributed by atoms with Crippen LogP contribution in [0.5, 0.6) is 5.75 Å². The summed E-state index contributed by atoms with van der Waals surface area (Å²) in [6.45, 7) is 8.55. The van der Waals surface area contributed by atoms with Crippen molar-refractivity contribution in [2.24, 2.45) is 0 Å². The summed E-state index contributed by atoms with van der Waals surface area (Å²) in [6.07, 6.45) is 0.261. The van der Waals surface area contributed by atoms with E-state index in [0.717, 1.165) is 5.75 Å². The lowest BCUT2D eigenvalue weighted by atomic mass is 10.3. The molecule has 0 fully saturated rings. The van der Waals surface area contributed by atoms with Crippen molar-refractivity contribution in [2.75, 3.05) is 7.11 Å². The standard InChI is InChI=1S/C12H20O2Si/c1-10(2)14-15(4,5)12-9-7-6-8-11(12)13-3/h6-10H,1-5H3. The third kappa shape index (κ3) is 3.07. The van der Waals surface area contributed by atoms with Gasteiger partial charge in [0.05, 0.1) is 7.11 Å². The van der Waals surface area contributed by atoms with Gasteiger partial charge in [0.15, 0.2) is 0 Å². The number of hydrogen-bond acceptors (Lipinski definition) is 2. The lowest BCUT2D eigenvalue weighted by Gasteiger charge is -2.27. The maximum absolute atomic E-state index is 6.03. The summed E-state index contributed by atoms with van der Waals surface area (Å²) in [5.74, 6) is 0.940. The molecule has 0 saturated heterocycles. The van der Waals surface area contributed by atoms with Crippen LogP contribution in [-0.2, 0) is 4.43 Å². The first-order valence-electron chi connectivity index (χ1n) is 5.28. The van der Waals surface area contributed by atoms with Gasteiger partial charge in [-0.25, -0.2) is 0 Å². The van der Waals surface area contributed by atoms with Crippen LogP contribution in [0.3, 0.4) is 0 Å². The third-order valence-corrected chi connectivity index (χ3v) is 5.06. The molecule has 0 aliphatic carbocycles. The topological polar surface area (TPSA) is 18.5 Å². The Bertz CT molecular complexity index is 321. The molecular formula is C12H20O2Si. The third-order valence-electron chi connectivity index (χ3n) is 2.29. The van der Waals surface area contributed by atoms with Crippen molar-refractivity contribution in [3.63, 3.8) is 0 Å². The fourth-order valence-corrected chi connectivity index (χ4v) is 4.38. The molecule has 0 atom stereocenters. The molecule has 0 amide bonds. The van der Waals surface area contributed by atoms with Gasteiger partial charge in [-0.05, 0) is 33.0 Å². The highest BCUT2D eigenvalue weighted by atomic mass is 28.4. The van der Waals surface area contributed by atoms with Gasteiger partial charge in [0.2, 0.25) is 8.32 Å². The van der Waals surface area contributed by atoms with Crippen LogP contribution in [-0.4, -0.2) is 21.5 Å². The van der Waals surface area contributed by atoms with Crippen LogP contribution >= 0.6 is 0 Å². The number of rotatable bonds is 4. The predicted octanol–water partition coefficient (Wildman–Crippen LogP) is 2.53. The molecule has 0 spiro atoms. The van der Waals surface area contributed by atoms with Gasteiger partial charge in [0.25, 0.3) is 0 Å². The normalized spacial score (nSPS) is 11.9. The monoisotopic (exact) mass is 224 g/mol. The molecule has 0 aliphatic rings. The number of hydrogen-bond donors (Lipinski definition) is 0. The Morgan fingerprint density at radius 2 is 1.73 bits per heavy atom. The first-order valence-corrected chi connectivity index (χ1v) is 8.19. The first-order chi connectivity index (χ1) is 6.97. The summed E-state index contributed by atoms with van der Waals surface area (Å²) in [7, 11) is -0.126. The van der Waals surface area contributed by atoms with Gasteiger partial charge in [-0.1, -0.05) is 18.2 Å². The Labute approximate surface area is 93.4 Å². The minimum Gasteiger partial charge on any atom is -0.497 e. The van der Waals surface area contributed by atoms with Gasteiger partial charge in [0.1, 0.15) is 5.75 Å². The molecule has 0 unspecified atom stereocenters. The molecule has 1 aromatic rings. The summed E-state index contributed by atoms with van der Waals surface area (Å²) in [4.78, 5) is 0. The molecule has 0 aliphatic heterocycles. The van der Waals surface area contributed by atoms with Crippen LogP contribution in [0, 0.1) is 0 Å². The van der Waals surface area contributed by atoms with E-state index < -0.39 is 8.32 Å². The molecular weight excluding hydrogens is 204 g/mol. The van der Waals surface area contributed by atoms with Crippen LogP contribution in [0.15, 0.2) is 24.3 Å². The smallest absolute Gasteiger partial charge is 0.222 e. The SMILES string of the molecule is COc1ccccc1[Si](C)(C)OC(C)C. The Morgan fingerprint density at radius 3 is 2.27 bits per heavy atom. The summed E-state index contributed by atoms with van der Waals surface area (Å²) in [6, 6.07) is 8.12. The quantitative estimate of drug-likeness (QED) is 0.732. The van der Waals surface area contributed by atoms with Crippen molar-refractivity contribution in [2.45, 2.75) is 33.0 Å². The van der Waals surface area contributed by atoms with Crippen LogP contribution in [0.1, 0.15) is 13.8 Å². The molecule has 1 rings (SSSR count). The Balaban J connectivity index is 3.02. The maximum Gasteiger partial charge on any atom is 0.222 e. The van der Waals surface area contributed by atoms with Gasteiger partial charge in [-0.2, -0.15) is 0 Å².